The number of hydrogen-bond donors (Lipinski definition) is 0. The Balaban J connectivity index is 1.56. The second-order valence-corrected chi connectivity index (χ2v) is 7.80. The second-order valence-electron chi connectivity index (χ2n) is 7.39. The number of imide groups is 1. The molecule has 1 unspecified atom stereocenters. The molecular formula is C18H13ClF3NO2. The van der Waals surface area contributed by atoms with E-state index in [9.17, 15) is 22.8 Å². The van der Waals surface area contributed by atoms with Gasteiger partial charge in [-0.05, 0) is 48.3 Å². The third-order valence-electron chi connectivity index (χ3n) is 6.37. The topological polar surface area (TPSA) is 37.4 Å². The summed E-state index contributed by atoms with van der Waals surface area (Å²) in [6.45, 7) is 0. The third-order valence-corrected chi connectivity index (χ3v) is 6.70. The van der Waals surface area contributed by atoms with Gasteiger partial charge in [0, 0.05) is 0 Å². The van der Waals surface area contributed by atoms with Gasteiger partial charge in [0.05, 0.1) is 28.1 Å². The van der Waals surface area contributed by atoms with E-state index in [2.05, 4.69) is 0 Å². The Morgan fingerprint density at radius 2 is 1.60 bits per heavy atom. The Morgan fingerprint density at radius 3 is 2.08 bits per heavy atom. The predicted octanol–water partition coefficient (Wildman–Crippen LogP) is 4.06. The third kappa shape index (κ3) is 1.78. The minimum absolute atomic E-state index is 0.0401. The highest BCUT2D eigenvalue weighted by Crippen LogP contribution is 2.73. The van der Waals surface area contributed by atoms with Crippen LogP contribution in [0.15, 0.2) is 30.4 Å². The zero-order valence-corrected chi connectivity index (χ0v) is 13.6. The van der Waals surface area contributed by atoms with Gasteiger partial charge in [-0.1, -0.05) is 23.8 Å². The standard InChI is InChI=1S/C18H13ClF3NO2/c19-12-4-1-8(7-11(12)18(20,21)22)23-15(24)13-9-2-3-10(14(13)16(23)25)17(9)5-6-17/h1-4,7,9-10,13-14H,5-6H2/t9-,10+,13-,14?/m1/s1. The number of nitrogens with zero attached hydrogens (tertiary/aromatic N) is 1. The summed E-state index contributed by atoms with van der Waals surface area (Å²) in [7, 11) is 0. The number of alkyl halides is 3. The highest BCUT2D eigenvalue weighted by Gasteiger charge is 2.73. The molecule has 1 aromatic rings. The average molecular weight is 368 g/mol. The van der Waals surface area contributed by atoms with Crippen molar-refractivity contribution in [1.29, 1.82) is 0 Å². The van der Waals surface area contributed by atoms with Gasteiger partial charge in [0.2, 0.25) is 11.8 Å². The van der Waals surface area contributed by atoms with E-state index >= 15 is 0 Å². The Labute approximate surface area is 146 Å². The van der Waals surface area contributed by atoms with Gasteiger partial charge in [0.15, 0.2) is 0 Å². The quantitative estimate of drug-likeness (QED) is 0.554. The van der Waals surface area contributed by atoms with Crippen molar-refractivity contribution in [3.8, 4) is 0 Å². The first-order chi connectivity index (χ1) is 11.8. The van der Waals surface area contributed by atoms with E-state index in [1.165, 1.54) is 6.07 Å². The van der Waals surface area contributed by atoms with Crippen LogP contribution < -0.4 is 4.90 Å². The summed E-state index contributed by atoms with van der Waals surface area (Å²) < 4.78 is 39.3. The van der Waals surface area contributed by atoms with Crippen LogP contribution in [0.5, 0.6) is 0 Å². The molecule has 4 atom stereocenters. The number of amides is 2. The number of anilines is 1. The van der Waals surface area contributed by atoms with Crippen LogP contribution in [0.2, 0.25) is 5.02 Å². The van der Waals surface area contributed by atoms with Gasteiger partial charge in [0.1, 0.15) is 0 Å². The number of rotatable bonds is 1. The van der Waals surface area contributed by atoms with Gasteiger partial charge >= 0.3 is 6.18 Å². The molecule has 1 saturated heterocycles. The molecule has 3 fully saturated rings. The largest absolute Gasteiger partial charge is 0.417 e. The predicted molar refractivity (Wildman–Crippen MR) is 83.7 cm³/mol. The highest BCUT2D eigenvalue weighted by atomic mass is 35.5. The van der Waals surface area contributed by atoms with Crippen molar-refractivity contribution < 1.29 is 22.8 Å². The number of hydrogen-bond acceptors (Lipinski definition) is 2. The fourth-order valence-corrected chi connectivity index (χ4v) is 5.43. The first-order valence-corrected chi connectivity index (χ1v) is 8.56. The molecule has 25 heavy (non-hydrogen) atoms. The lowest BCUT2D eigenvalue weighted by Crippen LogP contribution is -2.34. The number of carbonyl (C=O) groups is 2. The van der Waals surface area contributed by atoms with Crippen LogP contribution in [0, 0.1) is 29.1 Å². The van der Waals surface area contributed by atoms with Crippen LogP contribution in [0.4, 0.5) is 18.9 Å². The summed E-state index contributed by atoms with van der Waals surface area (Å²) >= 11 is 5.64. The first kappa shape index (κ1) is 15.4. The number of carbonyl (C=O) groups excluding carboxylic acids is 2. The minimum atomic E-state index is -4.65. The smallest absolute Gasteiger partial charge is 0.274 e. The Kier molecular flexibility index (Phi) is 2.76. The molecule has 2 amide bonds. The van der Waals surface area contributed by atoms with Gasteiger partial charge in [-0.25, -0.2) is 0 Å². The maximum Gasteiger partial charge on any atom is 0.417 e. The van der Waals surface area contributed by atoms with Gasteiger partial charge in [-0.3, -0.25) is 14.5 Å². The van der Waals surface area contributed by atoms with Crippen LogP contribution in [0.3, 0.4) is 0 Å². The van der Waals surface area contributed by atoms with E-state index in [4.69, 9.17) is 11.6 Å². The lowest BCUT2D eigenvalue weighted by Gasteiger charge is -2.22. The second kappa shape index (κ2) is 4.47. The van der Waals surface area contributed by atoms with Gasteiger partial charge < -0.3 is 0 Å². The lowest BCUT2D eigenvalue weighted by molar-refractivity contribution is -0.137. The zero-order chi connectivity index (χ0) is 17.7. The molecule has 2 saturated carbocycles. The van der Waals surface area contributed by atoms with Crippen LogP contribution in [-0.4, -0.2) is 11.8 Å². The summed E-state index contributed by atoms with van der Waals surface area (Å²) in [5.74, 6) is -1.55. The van der Waals surface area contributed by atoms with E-state index in [-0.39, 0.29) is 34.8 Å². The molecule has 0 N–H and O–H groups in total. The van der Waals surface area contributed by atoms with Crippen molar-refractivity contribution in [1.82, 2.24) is 0 Å². The van der Waals surface area contributed by atoms with Crippen molar-refractivity contribution >= 4 is 29.1 Å². The van der Waals surface area contributed by atoms with E-state index in [1.54, 1.807) is 0 Å². The van der Waals surface area contributed by atoms with E-state index in [0.717, 1.165) is 29.9 Å². The Bertz CT molecular complexity index is 824. The number of fused-ring (bicyclic) bond motifs is 3. The van der Waals surface area contributed by atoms with Crippen LogP contribution in [-0.2, 0) is 15.8 Å². The average Bonchev–Trinajstić information content (AvgIpc) is 3.13. The molecule has 1 aromatic carbocycles. The van der Waals surface area contributed by atoms with Crippen molar-refractivity contribution in [2.24, 2.45) is 29.1 Å². The van der Waals surface area contributed by atoms with Crippen LogP contribution in [0.1, 0.15) is 18.4 Å². The van der Waals surface area contributed by atoms with E-state index < -0.39 is 28.6 Å². The molecule has 0 aromatic heterocycles. The summed E-state index contributed by atoms with van der Waals surface area (Å²) in [5, 5.41) is -0.450. The first-order valence-electron chi connectivity index (χ1n) is 8.18. The summed E-state index contributed by atoms with van der Waals surface area (Å²) in [6, 6.07) is 3.18. The molecule has 1 heterocycles. The van der Waals surface area contributed by atoms with Crippen molar-refractivity contribution in [3.05, 3.63) is 40.9 Å². The highest BCUT2D eigenvalue weighted by molar-refractivity contribution is 6.31. The van der Waals surface area contributed by atoms with Gasteiger partial charge in [-0.15, -0.1) is 0 Å². The Morgan fingerprint density at radius 1 is 1.04 bits per heavy atom. The molecule has 130 valence electrons. The molecule has 1 aliphatic heterocycles. The lowest BCUT2D eigenvalue weighted by atomic mass is 9.85. The normalized spacial score (nSPS) is 34.3. The SMILES string of the molecule is O=C1C2[C@H](C(=O)N1c1ccc(Cl)c(C(F)(F)F)c1)[C@H]1C=C[C@@H]2C12CC2. The van der Waals surface area contributed by atoms with Crippen LogP contribution in [0.25, 0.3) is 0 Å². The summed E-state index contributed by atoms with van der Waals surface area (Å²) in [4.78, 5) is 26.7. The molecular weight excluding hydrogens is 355 g/mol. The fraction of sp³-hybridized carbons (Fsp3) is 0.444. The molecule has 3 nitrogen and oxygen atoms in total. The van der Waals surface area contributed by atoms with E-state index in [0.29, 0.717) is 0 Å². The molecule has 1 spiro atoms. The zero-order valence-electron chi connectivity index (χ0n) is 12.9. The fourth-order valence-electron chi connectivity index (χ4n) is 5.20. The molecule has 0 radical (unpaired) electrons. The number of halogens is 4. The molecule has 7 heteroatoms. The van der Waals surface area contributed by atoms with E-state index in [1.807, 2.05) is 12.2 Å². The van der Waals surface area contributed by atoms with Crippen molar-refractivity contribution in [2.45, 2.75) is 19.0 Å². The minimum Gasteiger partial charge on any atom is -0.274 e. The van der Waals surface area contributed by atoms with Crippen molar-refractivity contribution in [2.75, 3.05) is 4.90 Å². The van der Waals surface area contributed by atoms with Gasteiger partial charge in [0.25, 0.3) is 0 Å². The summed E-state index contributed by atoms with van der Waals surface area (Å²) in [5.41, 5.74) is -1.03. The molecule has 4 aliphatic rings. The molecule has 5 rings (SSSR count). The monoisotopic (exact) mass is 367 g/mol. The number of benzene rings is 1. The number of allylic oxidation sites excluding steroid dienone is 2. The molecule has 2 bridgehead atoms. The Hall–Kier alpha value is -1.82. The summed E-state index contributed by atoms with van der Waals surface area (Å²) in [6.07, 6.45) is 1.44. The van der Waals surface area contributed by atoms with Crippen LogP contribution >= 0.6 is 11.6 Å². The van der Waals surface area contributed by atoms with Gasteiger partial charge in [-0.2, -0.15) is 13.2 Å². The maximum atomic E-state index is 13.1. The van der Waals surface area contributed by atoms with Crippen molar-refractivity contribution in [3.63, 3.8) is 0 Å². The maximum absolute atomic E-state index is 13.1. The molecule has 3 aliphatic carbocycles.